The van der Waals surface area contributed by atoms with E-state index in [1.807, 2.05) is 12.1 Å². The second kappa shape index (κ2) is 5.96. The molecule has 1 heterocycles. The topological polar surface area (TPSA) is 38.3 Å². The zero-order chi connectivity index (χ0) is 13.9. The van der Waals surface area contributed by atoms with Crippen molar-refractivity contribution in [3.8, 4) is 0 Å². The van der Waals surface area contributed by atoms with E-state index in [9.17, 15) is 4.79 Å². The highest BCUT2D eigenvalue weighted by atomic mass is 16.5. The van der Waals surface area contributed by atoms with Gasteiger partial charge in [0.2, 0.25) is 0 Å². The molecule has 1 N–H and O–H groups in total. The van der Waals surface area contributed by atoms with Crippen molar-refractivity contribution >= 4 is 5.97 Å². The van der Waals surface area contributed by atoms with Crippen LogP contribution in [0.3, 0.4) is 0 Å². The number of ether oxygens (including phenoxy) is 1. The van der Waals surface area contributed by atoms with Crippen molar-refractivity contribution in [2.24, 2.45) is 5.92 Å². The molecule has 0 bridgehead atoms. The van der Waals surface area contributed by atoms with Gasteiger partial charge in [0.05, 0.1) is 5.56 Å². The first-order valence-electron chi connectivity index (χ1n) is 7.78. The fourth-order valence-corrected chi connectivity index (χ4v) is 3.38. The van der Waals surface area contributed by atoms with Gasteiger partial charge in [-0.1, -0.05) is 25.5 Å². The molecule has 0 saturated heterocycles. The van der Waals surface area contributed by atoms with Crippen LogP contribution in [0.1, 0.15) is 54.1 Å². The summed E-state index contributed by atoms with van der Waals surface area (Å²) in [5.74, 6) is 0.372. The summed E-state index contributed by atoms with van der Waals surface area (Å²) in [6.45, 7) is 3.99. The van der Waals surface area contributed by atoms with Gasteiger partial charge in [-0.25, -0.2) is 4.79 Å². The molecule has 0 radical (unpaired) electrons. The standard InChI is InChI=1S/C17H23NO2/c1-12-5-2-3-8-16(12)20-17(19)15-7-4-6-13-11-18-10-9-14(13)15/h4,6-7,12,16,18H,2-3,5,8-11H2,1H3. The van der Waals surface area contributed by atoms with Gasteiger partial charge in [0.25, 0.3) is 0 Å². The molecule has 1 aromatic rings. The number of carbonyl (C=O) groups is 1. The van der Waals surface area contributed by atoms with Crippen molar-refractivity contribution in [3.05, 3.63) is 34.9 Å². The summed E-state index contributed by atoms with van der Waals surface area (Å²) < 4.78 is 5.80. The summed E-state index contributed by atoms with van der Waals surface area (Å²) in [6, 6.07) is 5.98. The molecule has 2 unspecified atom stereocenters. The SMILES string of the molecule is CC1CCCCC1OC(=O)c1cccc2c1CCNC2. The summed E-state index contributed by atoms with van der Waals surface area (Å²) in [7, 11) is 0. The Morgan fingerprint density at radius 1 is 1.30 bits per heavy atom. The Morgan fingerprint density at radius 2 is 2.15 bits per heavy atom. The van der Waals surface area contributed by atoms with Crippen LogP contribution in [-0.4, -0.2) is 18.6 Å². The monoisotopic (exact) mass is 273 g/mol. The van der Waals surface area contributed by atoms with Gasteiger partial charge in [-0.05, 0) is 55.3 Å². The smallest absolute Gasteiger partial charge is 0.338 e. The molecule has 0 amide bonds. The van der Waals surface area contributed by atoms with E-state index in [4.69, 9.17) is 4.74 Å². The zero-order valence-corrected chi connectivity index (χ0v) is 12.2. The highest BCUT2D eigenvalue weighted by molar-refractivity contribution is 5.91. The molecule has 3 heteroatoms. The van der Waals surface area contributed by atoms with Gasteiger partial charge in [-0.15, -0.1) is 0 Å². The Balaban J connectivity index is 1.77. The maximum atomic E-state index is 12.5. The highest BCUT2D eigenvalue weighted by Gasteiger charge is 2.26. The quantitative estimate of drug-likeness (QED) is 0.842. The number of hydrogen-bond donors (Lipinski definition) is 1. The predicted octanol–water partition coefficient (Wildman–Crippen LogP) is 3.07. The fraction of sp³-hybridized carbons (Fsp3) is 0.588. The van der Waals surface area contributed by atoms with E-state index in [1.54, 1.807) is 0 Å². The van der Waals surface area contributed by atoms with Crippen molar-refractivity contribution in [2.75, 3.05) is 6.54 Å². The van der Waals surface area contributed by atoms with Crippen molar-refractivity contribution in [1.82, 2.24) is 5.32 Å². The van der Waals surface area contributed by atoms with Crippen LogP contribution < -0.4 is 5.32 Å². The molecule has 0 aromatic heterocycles. The first-order valence-corrected chi connectivity index (χ1v) is 7.78. The van der Waals surface area contributed by atoms with Crippen LogP contribution in [0.5, 0.6) is 0 Å². The van der Waals surface area contributed by atoms with Gasteiger partial charge in [-0.3, -0.25) is 0 Å². The van der Waals surface area contributed by atoms with Crippen LogP contribution in [0.15, 0.2) is 18.2 Å². The van der Waals surface area contributed by atoms with E-state index in [-0.39, 0.29) is 12.1 Å². The van der Waals surface area contributed by atoms with Crippen LogP contribution in [0.25, 0.3) is 0 Å². The first-order chi connectivity index (χ1) is 9.75. The minimum Gasteiger partial charge on any atom is -0.458 e. The fourth-order valence-electron chi connectivity index (χ4n) is 3.38. The maximum absolute atomic E-state index is 12.5. The summed E-state index contributed by atoms with van der Waals surface area (Å²) in [6.07, 6.45) is 5.66. The Morgan fingerprint density at radius 3 is 3.00 bits per heavy atom. The van der Waals surface area contributed by atoms with E-state index in [1.165, 1.54) is 30.4 Å². The number of benzene rings is 1. The van der Waals surface area contributed by atoms with Gasteiger partial charge < -0.3 is 10.1 Å². The van der Waals surface area contributed by atoms with Crippen molar-refractivity contribution < 1.29 is 9.53 Å². The molecule has 108 valence electrons. The first kappa shape index (κ1) is 13.6. The lowest BCUT2D eigenvalue weighted by atomic mass is 9.88. The Hall–Kier alpha value is -1.35. The Bertz CT molecular complexity index is 498. The summed E-state index contributed by atoms with van der Waals surface area (Å²) >= 11 is 0. The lowest BCUT2D eigenvalue weighted by Gasteiger charge is -2.29. The third-order valence-electron chi connectivity index (χ3n) is 4.65. The molecule has 1 aliphatic heterocycles. The molecule has 1 saturated carbocycles. The summed E-state index contributed by atoms with van der Waals surface area (Å²) in [5.41, 5.74) is 3.20. The highest BCUT2D eigenvalue weighted by Crippen LogP contribution is 2.28. The van der Waals surface area contributed by atoms with Crippen LogP contribution >= 0.6 is 0 Å². The van der Waals surface area contributed by atoms with Gasteiger partial charge in [0.15, 0.2) is 0 Å². The molecule has 2 atom stereocenters. The van der Waals surface area contributed by atoms with Gasteiger partial charge in [-0.2, -0.15) is 0 Å². The van der Waals surface area contributed by atoms with Gasteiger partial charge in [0.1, 0.15) is 6.10 Å². The third-order valence-corrected chi connectivity index (χ3v) is 4.65. The third kappa shape index (κ3) is 2.73. The lowest BCUT2D eigenvalue weighted by molar-refractivity contribution is 0.00468. The minimum absolute atomic E-state index is 0.105. The Kier molecular flexibility index (Phi) is 4.06. The number of fused-ring (bicyclic) bond motifs is 1. The number of esters is 1. The van der Waals surface area contributed by atoms with Crippen LogP contribution in [0.2, 0.25) is 0 Å². The summed E-state index contributed by atoms with van der Waals surface area (Å²) in [5, 5.41) is 3.34. The largest absolute Gasteiger partial charge is 0.458 e. The molecule has 0 spiro atoms. The molecule has 1 aromatic carbocycles. The van der Waals surface area contributed by atoms with E-state index in [0.717, 1.165) is 31.5 Å². The van der Waals surface area contributed by atoms with Crippen LogP contribution in [0, 0.1) is 5.92 Å². The van der Waals surface area contributed by atoms with E-state index in [0.29, 0.717) is 5.92 Å². The minimum atomic E-state index is -0.123. The lowest BCUT2D eigenvalue weighted by Crippen LogP contribution is -2.30. The molecular formula is C17H23NO2. The number of nitrogens with one attached hydrogen (secondary N) is 1. The molecule has 1 fully saturated rings. The van der Waals surface area contributed by atoms with Crippen LogP contribution in [-0.2, 0) is 17.7 Å². The van der Waals surface area contributed by atoms with Gasteiger partial charge in [0, 0.05) is 6.54 Å². The van der Waals surface area contributed by atoms with Gasteiger partial charge >= 0.3 is 5.97 Å². The number of rotatable bonds is 2. The molecule has 3 nitrogen and oxygen atoms in total. The second-order valence-corrected chi connectivity index (χ2v) is 6.08. The zero-order valence-electron chi connectivity index (χ0n) is 12.2. The van der Waals surface area contributed by atoms with E-state index >= 15 is 0 Å². The van der Waals surface area contributed by atoms with E-state index in [2.05, 4.69) is 18.3 Å². The molecular weight excluding hydrogens is 250 g/mol. The van der Waals surface area contributed by atoms with Crippen molar-refractivity contribution in [2.45, 2.75) is 51.7 Å². The normalized spacial score (nSPS) is 25.9. The predicted molar refractivity (Wildman–Crippen MR) is 78.7 cm³/mol. The molecule has 3 rings (SSSR count). The van der Waals surface area contributed by atoms with Crippen LogP contribution in [0.4, 0.5) is 0 Å². The average Bonchev–Trinajstić information content (AvgIpc) is 2.49. The second-order valence-electron chi connectivity index (χ2n) is 6.08. The van der Waals surface area contributed by atoms with Crippen molar-refractivity contribution in [1.29, 1.82) is 0 Å². The molecule has 2 aliphatic rings. The van der Waals surface area contributed by atoms with E-state index < -0.39 is 0 Å². The molecule has 1 aliphatic carbocycles. The maximum Gasteiger partial charge on any atom is 0.338 e. The number of carbonyl (C=O) groups excluding carboxylic acids is 1. The van der Waals surface area contributed by atoms with Crippen molar-refractivity contribution in [3.63, 3.8) is 0 Å². The average molecular weight is 273 g/mol. The molecule has 20 heavy (non-hydrogen) atoms. The number of hydrogen-bond acceptors (Lipinski definition) is 3. The summed E-state index contributed by atoms with van der Waals surface area (Å²) in [4.78, 5) is 12.5. The Labute approximate surface area is 120 Å².